The summed E-state index contributed by atoms with van der Waals surface area (Å²) in [5, 5.41) is 0. The predicted molar refractivity (Wildman–Crippen MR) is 79.5 cm³/mol. The number of carbonyl (C=O) groups is 1. The minimum atomic E-state index is -0.457. The molecule has 0 saturated carbocycles. The van der Waals surface area contributed by atoms with E-state index in [-0.39, 0.29) is 12.0 Å². The van der Waals surface area contributed by atoms with Crippen LogP contribution in [0.5, 0.6) is 0 Å². The van der Waals surface area contributed by atoms with Crippen molar-refractivity contribution in [1.29, 1.82) is 0 Å². The number of nitrogens with zero attached hydrogens (tertiary/aromatic N) is 3. The van der Waals surface area contributed by atoms with Gasteiger partial charge in [-0.3, -0.25) is 4.98 Å². The first-order valence-electron chi connectivity index (χ1n) is 6.80. The standard InChI is InChI=1S/C14H20BrN3O2/c1-14(2,3)20-13(19)18-6-4-5-10(9-18)11-7-17-12(15)8-16-11/h7-8,10H,4-6,9H2,1-3H3. The molecular formula is C14H20BrN3O2. The smallest absolute Gasteiger partial charge is 0.410 e. The Labute approximate surface area is 127 Å². The summed E-state index contributed by atoms with van der Waals surface area (Å²) in [7, 11) is 0. The van der Waals surface area contributed by atoms with Gasteiger partial charge in [-0.25, -0.2) is 9.78 Å². The number of ether oxygens (including phenoxy) is 1. The largest absolute Gasteiger partial charge is 0.444 e. The van der Waals surface area contributed by atoms with Gasteiger partial charge in [0, 0.05) is 19.0 Å². The molecule has 2 rings (SSSR count). The molecular weight excluding hydrogens is 322 g/mol. The van der Waals surface area contributed by atoms with Crippen molar-refractivity contribution in [3.8, 4) is 0 Å². The zero-order valence-corrected chi connectivity index (χ0v) is 13.7. The fourth-order valence-electron chi connectivity index (χ4n) is 2.24. The van der Waals surface area contributed by atoms with Crippen LogP contribution >= 0.6 is 15.9 Å². The molecule has 1 aliphatic rings. The Morgan fingerprint density at radius 3 is 2.75 bits per heavy atom. The molecule has 2 heterocycles. The van der Waals surface area contributed by atoms with Gasteiger partial charge in [-0.1, -0.05) is 0 Å². The summed E-state index contributed by atoms with van der Waals surface area (Å²) in [6.45, 7) is 7.03. The fraction of sp³-hybridized carbons (Fsp3) is 0.643. The second-order valence-corrected chi connectivity index (χ2v) is 6.84. The van der Waals surface area contributed by atoms with Gasteiger partial charge < -0.3 is 9.64 Å². The van der Waals surface area contributed by atoms with Gasteiger partial charge in [-0.05, 0) is 49.5 Å². The third-order valence-corrected chi connectivity index (χ3v) is 3.54. The molecule has 1 aliphatic heterocycles. The Morgan fingerprint density at radius 1 is 1.40 bits per heavy atom. The number of piperidine rings is 1. The summed E-state index contributed by atoms with van der Waals surface area (Å²) in [6, 6.07) is 0. The topological polar surface area (TPSA) is 55.3 Å². The predicted octanol–water partition coefficient (Wildman–Crippen LogP) is 3.35. The van der Waals surface area contributed by atoms with E-state index in [1.165, 1.54) is 0 Å². The normalized spacial score (nSPS) is 19.8. The Kier molecular flexibility index (Phi) is 4.62. The maximum Gasteiger partial charge on any atom is 0.410 e. The zero-order chi connectivity index (χ0) is 14.8. The van der Waals surface area contributed by atoms with Gasteiger partial charge in [0.2, 0.25) is 0 Å². The van der Waals surface area contributed by atoms with Crippen LogP contribution in [0, 0.1) is 0 Å². The molecule has 1 atom stereocenters. The molecule has 0 spiro atoms. The number of halogens is 1. The van der Waals surface area contributed by atoms with Crippen molar-refractivity contribution in [3.05, 3.63) is 22.7 Å². The lowest BCUT2D eigenvalue weighted by atomic mass is 9.95. The molecule has 1 aromatic heterocycles. The number of hydrogen-bond donors (Lipinski definition) is 0. The Hall–Kier alpha value is -1.17. The first-order chi connectivity index (χ1) is 9.35. The van der Waals surface area contributed by atoms with E-state index in [0.717, 1.165) is 29.7 Å². The lowest BCUT2D eigenvalue weighted by Gasteiger charge is -2.33. The lowest BCUT2D eigenvalue weighted by molar-refractivity contribution is 0.0197. The third kappa shape index (κ3) is 4.16. The summed E-state index contributed by atoms with van der Waals surface area (Å²) < 4.78 is 6.15. The van der Waals surface area contributed by atoms with E-state index in [9.17, 15) is 4.79 Å². The number of likely N-dealkylation sites (tertiary alicyclic amines) is 1. The number of hydrogen-bond acceptors (Lipinski definition) is 4. The van der Waals surface area contributed by atoms with Crippen LogP contribution in [0.1, 0.15) is 45.2 Å². The van der Waals surface area contributed by atoms with Crippen LogP contribution in [-0.4, -0.2) is 39.7 Å². The summed E-state index contributed by atoms with van der Waals surface area (Å²) in [6.07, 6.45) is 5.21. The minimum absolute atomic E-state index is 0.233. The molecule has 20 heavy (non-hydrogen) atoms. The molecule has 1 unspecified atom stereocenters. The molecule has 1 aromatic rings. The van der Waals surface area contributed by atoms with Crippen LogP contribution in [0.25, 0.3) is 0 Å². The molecule has 5 nitrogen and oxygen atoms in total. The van der Waals surface area contributed by atoms with E-state index in [1.807, 2.05) is 20.8 Å². The van der Waals surface area contributed by atoms with Crippen LogP contribution in [0.2, 0.25) is 0 Å². The van der Waals surface area contributed by atoms with Gasteiger partial charge in [0.25, 0.3) is 0 Å². The highest BCUT2D eigenvalue weighted by molar-refractivity contribution is 9.10. The van der Waals surface area contributed by atoms with Crippen LogP contribution in [0.15, 0.2) is 17.0 Å². The molecule has 0 bridgehead atoms. The Bertz CT molecular complexity index is 470. The van der Waals surface area contributed by atoms with Gasteiger partial charge in [0.05, 0.1) is 18.1 Å². The van der Waals surface area contributed by atoms with Gasteiger partial charge in [0.1, 0.15) is 10.2 Å². The molecule has 110 valence electrons. The highest BCUT2D eigenvalue weighted by Gasteiger charge is 2.28. The molecule has 6 heteroatoms. The number of amides is 1. The monoisotopic (exact) mass is 341 g/mol. The molecule has 1 fully saturated rings. The van der Waals surface area contributed by atoms with Crippen molar-refractivity contribution >= 4 is 22.0 Å². The third-order valence-electron chi connectivity index (χ3n) is 3.13. The van der Waals surface area contributed by atoms with Crippen LogP contribution in [0.3, 0.4) is 0 Å². The summed E-state index contributed by atoms with van der Waals surface area (Å²) in [5.41, 5.74) is 0.475. The first kappa shape index (κ1) is 15.2. The van der Waals surface area contributed by atoms with Crippen molar-refractivity contribution in [3.63, 3.8) is 0 Å². The van der Waals surface area contributed by atoms with Gasteiger partial charge in [0.15, 0.2) is 0 Å². The van der Waals surface area contributed by atoms with Crippen molar-refractivity contribution in [2.45, 2.75) is 45.1 Å². The number of carbonyl (C=O) groups excluding carboxylic acids is 1. The summed E-state index contributed by atoms with van der Waals surface area (Å²) in [5.74, 6) is 0.233. The highest BCUT2D eigenvalue weighted by Crippen LogP contribution is 2.26. The quantitative estimate of drug-likeness (QED) is 0.785. The van der Waals surface area contributed by atoms with Crippen molar-refractivity contribution in [1.82, 2.24) is 14.9 Å². The van der Waals surface area contributed by atoms with Crippen molar-refractivity contribution < 1.29 is 9.53 Å². The van der Waals surface area contributed by atoms with E-state index in [0.29, 0.717) is 6.54 Å². The van der Waals surface area contributed by atoms with E-state index in [4.69, 9.17) is 4.74 Å². The van der Waals surface area contributed by atoms with Crippen LogP contribution < -0.4 is 0 Å². The number of rotatable bonds is 1. The van der Waals surface area contributed by atoms with E-state index >= 15 is 0 Å². The van der Waals surface area contributed by atoms with Crippen molar-refractivity contribution in [2.24, 2.45) is 0 Å². The average Bonchev–Trinajstić information content (AvgIpc) is 2.38. The van der Waals surface area contributed by atoms with Gasteiger partial charge in [-0.2, -0.15) is 0 Å². The molecule has 0 radical (unpaired) electrons. The first-order valence-corrected chi connectivity index (χ1v) is 7.60. The van der Waals surface area contributed by atoms with E-state index < -0.39 is 5.60 Å². The maximum atomic E-state index is 12.1. The Balaban J connectivity index is 2.01. The molecule has 1 saturated heterocycles. The van der Waals surface area contributed by atoms with E-state index in [2.05, 4.69) is 25.9 Å². The summed E-state index contributed by atoms with van der Waals surface area (Å²) >= 11 is 3.28. The van der Waals surface area contributed by atoms with Gasteiger partial charge >= 0.3 is 6.09 Å². The maximum absolute atomic E-state index is 12.1. The van der Waals surface area contributed by atoms with Crippen LogP contribution in [-0.2, 0) is 4.74 Å². The average molecular weight is 342 g/mol. The van der Waals surface area contributed by atoms with Crippen molar-refractivity contribution in [2.75, 3.05) is 13.1 Å². The van der Waals surface area contributed by atoms with E-state index in [1.54, 1.807) is 17.3 Å². The number of aromatic nitrogens is 2. The SMILES string of the molecule is CC(C)(C)OC(=O)N1CCCC(c2cnc(Br)cn2)C1. The molecule has 0 aliphatic carbocycles. The second kappa shape index (κ2) is 6.08. The lowest BCUT2D eigenvalue weighted by Crippen LogP contribution is -2.42. The van der Waals surface area contributed by atoms with Gasteiger partial charge in [-0.15, -0.1) is 0 Å². The van der Waals surface area contributed by atoms with Crippen LogP contribution in [0.4, 0.5) is 4.79 Å². The second-order valence-electron chi connectivity index (χ2n) is 6.03. The summed E-state index contributed by atoms with van der Waals surface area (Å²) in [4.78, 5) is 22.5. The molecule has 1 amide bonds. The molecule has 0 N–H and O–H groups in total. The Morgan fingerprint density at radius 2 is 2.15 bits per heavy atom. The molecule has 0 aromatic carbocycles. The highest BCUT2D eigenvalue weighted by atomic mass is 79.9. The fourth-order valence-corrected chi connectivity index (χ4v) is 2.45. The zero-order valence-electron chi connectivity index (χ0n) is 12.1. The minimum Gasteiger partial charge on any atom is -0.444 e.